The number of nitrogens with one attached hydrogen (secondary N) is 1. The van der Waals surface area contributed by atoms with E-state index in [-0.39, 0.29) is 11.7 Å². The molecule has 0 saturated carbocycles. The first kappa shape index (κ1) is 21.2. The van der Waals surface area contributed by atoms with Crippen molar-refractivity contribution in [2.24, 2.45) is 0 Å². The van der Waals surface area contributed by atoms with E-state index in [0.717, 1.165) is 21.9 Å². The Morgan fingerprint density at radius 3 is 2.87 bits per heavy atom. The highest BCUT2D eigenvalue weighted by Gasteiger charge is 2.16. The lowest BCUT2D eigenvalue weighted by Crippen LogP contribution is -2.13. The summed E-state index contributed by atoms with van der Waals surface area (Å²) in [6.45, 7) is 3.57. The van der Waals surface area contributed by atoms with E-state index in [1.807, 2.05) is 19.1 Å². The molecule has 0 aliphatic heterocycles. The van der Waals surface area contributed by atoms with Crippen LogP contribution in [0.25, 0.3) is 0 Å². The highest BCUT2D eigenvalue weighted by Crippen LogP contribution is 2.26. The van der Waals surface area contributed by atoms with E-state index in [2.05, 4.69) is 20.4 Å². The molecule has 1 aromatic carbocycles. The number of hydrogen-bond donors (Lipinski definition) is 1. The molecule has 0 unspecified atom stereocenters. The first-order chi connectivity index (χ1) is 15.0. The van der Waals surface area contributed by atoms with Crippen LogP contribution in [0.5, 0.6) is 0 Å². The molecule has 1 amide bonds. The monoisotopic (exact) mass is 454 g/mol. The molecule has 0 fully saturated rings. The van der Waals surface area contributed by atoms with Crippen LogP contribution in [-0.2, 0) is 12.2 Å². The van der Waals surface area contributed by atoms with Gasteiger partial charge in [-0.3, -0.25) is 10.1 Å². The van der Waals surface area contributed by atoms with E-state index in [0.29, 0.717) is 33.5 Å². The quantitative estimate of drug-likeness (QED) is 0.376. The zero-order chi connectivity index (χ0) is 21.8. The number of hydrogen-bond acceptors (Lipinski definition) is 7. The van der Waals surface area contributed by atoms with Gasteiger partial charge in [0.15, 0.2) is 5.13 Å². The van der Waals surface area contributed by atoms with Crippen molar-refractivity contribution >= 4 is 34.1 Å². The Bertz CT molecular complexity index is 1220. The number of benzene rings is 1. The topological polar surface area (TPSA) is 80.9 Å². The summed E-state index contributed by atoms with van der Waals surface area (Å²) in [4.78, 5) is 22.4. The molecule has 0 spiro atoms. The van der Waals surface area contributed by atoms with Crippen molar-refractivity contribution in [3.63, 3.8) is 0 Å². The molecule has 1 N–H and O–H groups in total. The molecule has 0 atom stereocenters. The Labute approximate surface area is 186 Å². The fraction of sp³-hybridized carbons (Fsp3) is 0.182. The van der Waals surface area contributed by atoms with Crippen LogP contribution in [-0.4, -0.2) is 21.0 Å². The van der Waals surface area contributed by atoms with Crippen LogP contribution in [0.1, 0.15) is 37.8 Å². The normalized spacial score (nSPS) is 10.9. The van der Waals surface area contributed by atoms with Crippen LogP contribution in [0.4, 0.5) is 9.52 Å². The summed E-state index contributed by atoms with van der Waals surface area (Å²) in [6, 6.07) is 10.5. The third kappa shape index (κ3) is 5.36. The van der Waals surface area contributed by atoms with E-state index in [9.17, 15) is 9.18 Å². The van der Waals surface area contributed by atoms with Crippen LogP contribution in [0, 0.1) is 19.7 Å². The third-order valence-electron chi connectivity index (χ3n) is 4.44. The number of carbonyl (C=O) groups excluding carboxylic acids is 1. The van der Waals surface area contributed by atoms with Crippen molar-refractivity contribution in [1.82, 2.24) is 15.1 Å². The molecule has 3 heterocycles. The third-order valence-corrected chi connectivity index (χ3v) is 6.39. The van der Waals surface area contributed by atoms with Crippen molar-refractivity contribution in [2.45, 2.75) is 31.0 Å². The number of aryl methyl sites for hydroxylation is 2. The summed E-state index contributed by atoms with van der Waals surface area (Å²) >= 11 is 2.78. The number of thiazole rings is 1. The van der Waals surface area contributed by atoms with Gasteiger partial charge < -0.3 is 4.52 Å². The van der Waals surface area contributed by atoms with Crippen LogP contribution in [0.3, 0.4) is 0 Å². The van der Waals surface area contributed by atoms with Gasteiger partial charge in [-0.05, 0) is 43.2 Å². The molecule has 0 bridgehead atoms. The van der Waals surface area contributed by atoms with Gasteiger partial charge in [0.2, 0.25) is 0 Å². The van der Waals surface area contributed by atoms with Crippen LogP contribution in [0.15, 0.2) is 58.3 Å². The van der Waals surface area contributed by atoms with E-state index < -0.39 is 0 Å². The molecular weight excluding hydrogens is 435 g/mol. The van der Waals surface area contributed by atoms with Crippen LogP contribution >= 0.6 is 23.1 Å². The number of halogens is 1. The molecule has 6 nitrogen and oxygen atoms in total. The molecule has 9 heteroatoms. The molecular formula is C22H19FN4O2S2. The predicted molar refractivity (Wildman–Crippen MR) is 119 cm³/mol. The van der Waals surface area contributed by atoms with Crippen LogP contribution in [0.2, 0.25) is 0 Å². The van der Waals surface area contributed by atoms with Gasteiger partial charge in [-0.1, -0.05) is 29.1 Å². The lowest BCUT2D eigenvalue weighted by molar-refractivity contribution is 0.102. The first-order valence-electron chi connectivity index (χ1n) is 9.49. The largest absolute Gasteiger partial charge is 0.361 e. The molecule has 0 aliphatic rings. The smallest absolute Gasteiger partial charge is 0.260 e. The molecule has 0 radical (unpaired) electrons. The average Bonchev–Trinajstić information content (AvgIpc) is 3.38. The Morgan fingerprint density at radius 2 is 2.10 bits per heavy atom. The fourth-order valence-corrected chi connectivity index (χ4v) is 4.58. The SMILES string of the molecule is Cc1cc(CSc2ncccc2C(=O)Nc2ncc(Cc3ccc(C)c(F)c3)s2)no1. The number of aromatic nitrogens is 3. The van der Waals surface area contributed by atoms with E-state index in [1.54, 1.807) is 37.5 Å². The second-order valence-electron chi connectivity index (χ2n) is 6.92. The summed E-state index contributed by atoms with van der Waals surface area (Å²) in [5.74, 6) is 0.776. The number of anilines is 1. The van der Waals surface area contributed by atoms with Gasteiger partial charge in [-0.15, -0.1) is 11.3 Å². The minimum absolute atomic E-state index is 0.224. The second kappa shape index (κ2) is 9.40. The molecule has 31 heavy (non-hydrogen) atoms. The van der Waals surface area contributed by atoms with E-state index in [1.165, 1.54) is 29.2 Å². The Morgan fingerprint density at radius 1 is 1.23 bits per heavy atom. The van der Waals surface area contributed by atoms with Crippen molar-refractivity contribution in [1.29, 1.82) is 0 Å². The lowest BCUT2D eigenvalue weighted by atomic mass is 10.1. The highest BCUT2D eigenvalue weighted by molar-refractivity contribution is 7.98. The summed E-state index contributed by atoms with van der Waals surface area (Å²) < 4.78 is 18.8. The molecule has 4 aromatic rings. The summed E-state index contributed by atoms with van der Waals surface area (Å²) in [5.41, 5.74) is 2.73. The number of pyridine rings is 1. The van der Waals surface area contributed by atoms with Crippen molar-refractivity contribution < 1.29 is 13.7 Å². The molecule has 4 rings (SSSR count). The molecule has 158 valence electrons. The second-order valence-corrected chi connectivity index (χ2v) is 9.00. The maximum absolute atomic E-state index is 13.8. The zero-order valence-corrected chi connectivity index (χ0v) is 18.5. The van der Waals surface area contributed by atoms with Gasteiger partial charge in [-0.25, -0.2) is 14.4 Å². The van der Waals surface area contributed by atoms with E-state index in [4.69, 9.17) is 4.52 Å². The number of amides is 1. The van der Waals surface area contributed by atoms with Gasteiger partial charge >= 0.3 is 0 Å². The van der Waals surface area contributed by atoms with Crippen molar-refractivity contribution in [3.8, 4) is 0 Å². The summed E-state index contributed by atoms with van der Waals surface area (Å²) in [6.07, 6.45) is 3.90. The maximum Gasteiger partial charge on any atom is 0.260 e. The van der Waals surface area contributed by atoms with Crippen LogP contribution < -0.4 is 5.32 Å². The minimum Gasteiger partial charge on any atom is -0.361 e. The Kier molecular flexibility index (Phi) is 6.43. The van der Waals surface area contributed by atoms with Gasteiger partial charge in [-0.2, -0.15) is 0 Å². The van der Waals surface area contributed by atoms with Gasteiger partial charge in [0.05, 0.1) is 11.3 Å². The fourth-order valence-electron chi connectivity index (χ4n) is 2.87. The van der Waals surface area contributed by atoms with Gasteiger partial charge in [0.1, 0.15) is 16.6 Å². The Balaban J connectivity index is 1.42. The molecule has 0 aliphatic carbocycles. The predicted octanol–water partition coefficient (Wildman–Crippen LogP) is 5.42. The summed E-state index contributed by atoms with van der Waals surface area (Å²) in [7, 11) is 0. The van der Waals surface area contributed by atoms with Crippen molar-refractivity contribution in [3.05, 3.63) is 87.6 Å². The number of nitrogens with zero attached hydrogens (tertiary/aromatic N) is 3. The number of carbonyl (C=O) groups is 1. The summed E-state index contributed by atoms with van der Waals surface area (Å²) in [5, 5.41) is 7.89. The number of thioether (sulfide) groups is 1. The van der Waals surface area contributed by atoms with Gasteiger partial charge in [0, 0.05) is 35.5 Å². The molecule has 3 aromatic heterocycles. The van der Waals surface area contributed by atoms with Gasteiger partial charge in [0.25, 0.3) is 5.91 Å². The standard InChI is InChI=1S/C22H19FN4O2S2/c1-13-5-6-15(10-19(13)23)9-17-11-25-22(31-17)26-20(28)18-4-3-7-24-21(18)30-12-16-8-14(2)29-27-16/h3-8,10-11H,9,12H2,1-2H3,(H,25,26,28). The first-order valence-corrected chi connectivity index (χ1v) is 11.3. The van der Waals surface area contributed by atoms with E-state index >= 15 is 0 Å². The van der Waals surface area contributed by atoms with Crippen molar-refractivity contribution in [2.75, 3.05) is 5.32 Å². The lowest BCUT2D eigenvalue weighted by Gasteiger charge is -2.06. The molecule has 0 saturated heterocycles. The highest BCUT2D eigenvalue weighted by atomic mass is 32.2. The minimum atomic E-state index is -0.283. The average molecular weight is 455 g/mol. The maximum atomic E-state index is 13.8. The Hall–Kier alpha value is -3.04. The zero-order valence-electron chi connectivity index (χ0n) is 16.9. The number of rotatable bonds is 7.